The van der Waals surface area contributed by atoms with Crippen molar-refractivity contribution >= 4 is 5.97 Å². The fourth-order valence-corrected chi connectivity index (χ4v) is 2.04. The number of aromatic nitrogens is 2. The minimum Gasteiger partial charge on any atom is -0.491 e. The van der Waals surface area contributed by atoms with Crippen LogP contribution in [0.3, 0.4) is 0 Å². The summed E-state index contributed by atoms with van der Waals surface area (Å²) >= 11 is 0. The van der Waals surface area contributed by atoms with Crippen molar-refractivity contribution in [2.24, 2.45) is 5.92 Å². The van der Waals surface area contributed by atoms with Crippen molar-refractivity contribution in [1.82, 2.24) is 9.78 Å². The summed E-state index contributed by atoms with van der Waals surface area (Å²) in [4.78, 5) is 24.0. The molecule has 1 aromatic rings. The van der Waals surface area contributed by atoms with Crippen LogP contribution in [0.25, 0.3) is 0 Å². The molecule has 7 nitrogen and oxygen atoms in total. The number of rotatable bonds is 7. The van der Waals surface area contributed by atoms with Gasteiger partial charge in [-0.3, -0.25) is 9.59 Å². The van der Waals surface area contributed by atoms with Crippen molar-refractivity contribution in [2.45, 2.75) is 53.2 Å². The second-order valence-corrected chi connectivity index (χ2v) is 6.20. The van der Waals surface area contributed by atoms with E-state index in [9.17, 15) is 14.7 Å². The molecule has 0 spiro atoms. The number of carbonyl (C=O) groups excluding carboxylic acids is 1. The van der Waals surface area contributed by atoms with Gasteiger partial charge in [-0.1, -0.05) is 27.7 Å². The molecule has 1 unspecified atom stereocenters. The minimum atomic E-state index is -1.03. The van der Waals surface area contributed by atoms with Gasteiger partial charge in [0.2, 0.25) is 0 Å². The van der Waals surface area contributed by atoms with Crippen LogP contribution in [0.2, 0.25) is 0 Å². The molecule has 1 aromatic heterocycles. The van der Waals surface area contributed by atoms with Crippen molar-refractivity contribution in [3.8, 4) is 5.75 Å². The van der Waals surface area contributed by atoms with Gasteiger partial charge < -0.3 is 14.6 Å². The van der Waals surface area contributed by atoms with Gasteiger partial charge in [0.15, 0.2) is 5.75 Å². The van der Waals surface area contributed by atoms with Crippen LogP contribution in [-0.4, -0.2) is 34.6 Å². The molecule has 0 aromatic carbocycles. The van der Waals surface area contributed by atoms with Gasteiger partial charge in [0.1, 0.15) is 12.2 Å². The summed E-state index contributed by atoms with van der Waals surface area (Å²) in [6.07, 6.45) is -1.03. The van der Waals surface area contributed by atoms with Gasteiger partial charge >= 0.3 is 5.97 Å². The van der Waals surface area contributed by atoms with Crippen LogP contribution in [0.4, 0.5) is 0 Å². The maximum absolute atomic E-state index is 12.6. The van der Waals surface area contributed by atoms with Crippen LogP contribution < -0.4 is 10.3 Å². The third-order valence-electron chi connectivity index (χ3n) is 3.20. The Bertz CT molecular complexity index is 605. The lowest BCUT2D eigenvalue weighted by Gasteiger charge is -2.20. The summed E-state index contributed by atoms with van der Waals surface area (Å²) in [5, 5.41) is 14.3. The van der Waals surface area contributed by atoms with Crippen LogP contribution >= 0.6 is 0 Å². The zero-order valence-electron chi connectivity index (χ0n) is 14.6. The maximum Gasteiger partial charge on any atom is 0.327 e. The number of esters is 1. The maximum atomic E-state index is 12.6. The molecule has 7 heteroatoms. The van der Waals surface area contributed by atoms with E-state index < -0.39 is 17.6 Å². The summed E-state index contributed by atoms with van der Waals surface area (Å²) in [6.45, 7) is 9.38. The van der Waals surface area contributed by atoms with Gasteiger partial charge in [-0.25, -0.2) is 4.68 Å². The van der Waals surface area contributed by atoms with Crippen LogP contribution in [0.15, 0.2) is 4.79 Å². The van der Waals surface area contributed by atoms with Crippen molar-refractivity contribution in [2.75, 3.05) is 13.7 Å². The highest BCUT2D eigenvalue weighted by atomic mass is 16.5. The van der Waals surface area contributed by atoms with E-state index in [1.54, 1.807) is 0 Å². The highest BCUT2D eigenvalue weighted by Gasteiger charge is 2.25. The second kappa shape index (κ2) is 8.10. The summed E-state index contributed by atoms with van der Waals surface area (Å²) in [5.74, 6) is -0.0509. The van der Waals surface area contributed by atoms with E-state index in [-0.39, 0.29) is 23.9 Å². The minimum absolute atomic E-state index is 0.0424. The molecule has 23 heavy (non-hydrogen) atoms. The number of ether oxygens (including phenoxy) is 2. The Hall–Kier alpha value is -1.89. The highest BCUT2D eigenvalue weighted by Crippen LogP contribution is 2.30. The molecule has 0 bridgehead atoms. The molecular formula is C16H26N2O5. The van der Waals surface area contributed by atoms with E-state index in [1.165, 1.54) is 14.0 Å². The normalized spacial score (nSPS) is 12.6. The zero-order chi connectivity index (χ0) is 17.7. The van der Waals surface area contributed by atoms with Crippen molar-refractivity contribution in [3.63, 3.8) is 0 Å². The molecule has 0 saturated heterocycles. The third-order valence-corrected chi connectivity index (χ3v) is 3.20. The molecule has 0 aliphatic heterocycles. The molecular weight excluding hydrogens is 300 g/mol. The molecule has 0 saturated carbocycles. The van der Waals surface area contributed by atoms with Gasteiger partial charge in [-0.05, 0) is 12.8 Å². The Morgan fingerprint density at radius 1 is 1.26 bits per heavy atom. The molecule has 0 radical (unpaired) electrons. The Balaban J connectivity index is 3.51. The summed E-state index contributed by atoms with van der Waals surface area (Å²) in [5.41, 5.74) is 0.104. The number of methoxy groups -OCH3 is 1. The van der Waals surface area contributed by atoms with Gasteiger partial charge in [-0.2, -0.15) is 5.10 Å². The fourth-order valence-electron chi connectivity index (χ4n) is 2.04. The van der Waals surface area contributed by atoms with E-state index in [2.05, 4.69) is 9.84 Å². The molecule has 130 valence electrons. The fraction of sp³-hybridized carbons (Fsp3) is 0.688. The lowest BCUT2D eigenvalue weighted by molar-refractivity contribution is -0.141. The Kier molecular flexibility index (Phi) is 6.75. The van der Waals surface area contributed by atoms with Crippen molar-refractivity contribution in [1.29, 1.82) is 0 Å². The predicted octanol–water partition coefficient (Wildman–Crippen LogP) is 1.63. The van der Waals surface area contributed by atoms with E-state index in [0.29, 0.717) is 18.1 Å². The number of hydrogen-bond donors (Lipinski definition) is 1. The SMILES string of the molecule is COC(=O)Cn1nc(C(C)C)c(OCC(C)C)c(C(C)O)c1=O. The summed E-state index contributed by atoms with van der Waals surface area (Å²) < 4.78 is 11.4. The molecule has 1 rings (SSSR count). The quantitative estimate of drug-likeness (QED) is 0.766. The predicted molar refractivity (Wildman–Crippen MR) is 85.6 cm³/mol. The first-order valence-corrected chi connectivity index (χ1v) is 7.71. The summed E-state index contributed by atoms with van der Waals surface area (Å²) in [6, 6.07) is 0. The third kappa shape index (κ3) is 4.79. The van der Waals surface area contributed by atoms with E-state index in [4.69, 9.17) is 4.74 Å². The van der Waals surface area contributed by atoms with Crippen molar-refractivity contribution < 1.29 is 19.4 Å². The van der Waals surface area contributed by atoms with E-state index in [0.717, 1.165) is 4.68 Å². The lowest BCUT2D eigenvalue weighted by atomic mass is 10.0. The zero-order valence-corrected chi connectivity index (χ0v) is 14.6. The molecule has 1 atom stereocenters. The van der Waals surface area contributed by atoms with Gasteiger partial charge in [0.05, 0.1) is 25.4 Å². The van der Waals surface area contributed by atoms with E-state index >= 15 is 0 Å². The van der Waals surface area contributed by atoms with E-state index in [1.807, 2.05) is 27.7 Å². The van der Waals surface area contributed by atoms with Crippen LogP contribution in [0.5, 0.6) is 5.75 Å². The Labute approximate surface area is 136 Å². The van der Waals surface area contributed by atoms with Gasteiger partial charge in [0, 0.05) is 5.92 Å². The van der Waals surface area contributed by atoms with Gasteiger partial charge in [-0.15, -0.1) is 0 Å². The first-order valence-electron chi connectivity index (χ1n) is 7.71. The molecule has 1 heterocycles. The topological polar surface area (TPSA) is 90.7 Å². The largest absolute Gasteiger partial charge is 0.491 e. The molecule has 1 N–H and O–H groups in total. The summed E-state index contributed by atoms with van der Waals surface area (Å²) in [7, 11) is 1.24. The molecule has 0 aliphatic rings. The smallest absolute Gasteiger partial charge is 0.327 e. The lowest BCUT2D eigenvalue weighted by Crippen LogP contribution is -2.33. The van der Waals surface area contributed by atoms with Crippen LogP contribution in [0, 0.1) is 5.92 Å². The number of aliphatic hydroxyl groups excluding tert-OH is 1. The first kappa shape index (κ1) is 19.2. The molecule has 0 fully saturated rings. The Morgan fingerprint density at radius 3 is 2.30 bits per heavy atom. The standard InChI is InChI=1S/C16H26N2O5/c1-9(2)8-23-15-13(11(5)19)16(21)18(7-12(20)22-6)17-14(15)10(3)4/h9-11,19H,7-8H2,1-6H3. The number of nitrogens with zero attached hydrogens (tertiary/aromatic N) is 2. The first-order chi connectivity index (χ1) is 10.7. The number of aliphatic hydroxyl groups is 1. The second-order valence-electron chi connectivity index (χ2n) is 6.20. The molecule has 0 amide bonds. The average Bonchev–Trinajstić information content (AvgIpc) is 2.45. The van der Waals surface area contributed by atoms with Crippen LogP contribution in [-0.2, 0) is 16.1 Å². The number of carbonyl (C=O) groups is 1. The monoisotopic (exact) mass is 326 g/mol. The van der Waals surface area contributed by atoms with Gasteiger partial charge in [0.25, 0.3) is 5.56 Å². The molecule has 0 aliphatic carbocycles. The highest BCUT2D eigenvalue weighted by molar-refractivity contribution is 5.68. The van der Waals surface area contributed by atoms with Crippen molar-refractivity contribution in [3.05, 3.63) is 21.6 Å². The van der Waals surface area contributed by atoms with Crippen LogP contribution in [0.1, 0.15) is 57.9 Å². The number of hydrogen-bond acceptors (Lipinski definition) is 6. The average molecular weight is 326 g/mol. The Morgan fingerprint density at radius 2 is 1.87 bits per heavy atom.